The van der Waals surface area contributed by atoms with Gasteiger partial charge in [0.1, 0.15) is 0 Å². The van der Waals surface area contributed by atoms with Crippen LogP contribution in [0.15, 0.2) is 206 Å². The number of benzene rings is 8. The highest BCUT2D eigenvalue weighted by Crippen LogP contribution is 2.70. The van der Waals surface area contributed by atoms with E-state index in [0.717, 1.165) is 34.2 Å². The first kappa shape index (κ1) is 37.9. The van der Waals surface area contributed by atoms with E-state index in [1.165, 1.54) is 81.7 Å². The highest BCUT2D eigenvalue weighted by molar-refractivity contribution is 6.09. The SMILES string of the molecule is c1ccc(-c2nc(-c3cccc(-n4c5ccccc5c5ccccc54)c3)nc(-c3ccc4c(c3)C(c3ccccc3)(c3ccccc3)c3ccccc3C43C4CC5CC(C4)CC3C5)n2)cc1. The number of para-hydroxylation sites is 2. The number of hydrogen-bond donors (Lipinski definition) is 0. The highest BCUT2D eigenvalue weighted by Gasteiger charge is 2.63. The molecule has 1 spiro atoms. The summed E-state index contributed by atoms with van der Waals surface area (Å²) in [5.41, 5.74) is 14.1. The standard InChI is InChI=1S/C62H48N4/c1-4-17-42(18-5-1)58-63-59(43-19-16-24-49(38-43)66-56-29-14-10-25-50(56)51-26-11-15-30-57(51)66)65-60(64-58)44-31-32-54-55(39-44)61(45-20-6-2-7-21-45,46-22-8-3-9-23-46)52-27-12-13-28-53(52)62(54)47-34-40-33-41(36-47)37-48(62)35-40/h1-32,38-41,47-48H,33-37H2. The van der Waals surface area contributed by atoms with Crippen molar-refractivity contribution in [2.45, 2.75) is 42.9 Å². The van der Waals surface area contributed by atoms with Crippen LogP contribution in [0.1, 0.15) is 65.5 Å². The molecule has 5 aliphatic carbocycles. The minimum Gasteiger partial charge on any atom is -0.309 e. The molecule has 0 radical (unpaired) electrons. The van der Waals surface area contributed by atoms with Gasteiger partial charge in [-0.1, -0.05) is 176 Å². The molecule has 4 fully saturated rings. The van der Waals surface area contributed by atoms with Gasteiger partial charge in [0.2, 0.25) is 0 Å². The molecular formula is C62H48N4. The van der Waals surface area contributed by atoms with Gasteiger partial charge >= 0.3 is 0 Å². The fraction of sp³-hybridized carbons (Fsp3) is 0.177. The van der Waals surface area contributed by atoms with Crippen LogP contribution >= 0.6 is 0 Å². The van der Waals surface area contributed by atoms with E-state index in [0.29, 0.717) is 29.3 Å². The highest BCUT2D eigenvalue weighted by atomic mass is 15.0. The Kier molecular flexibility index (Phi) is 8.35. The molecular weight excluding hydrogens is 801 g/mol. The van der Waals surface area contributed by atoms with Gasteiger partial charge in [-0.3, -0.25) is 0 Å². The summed E-state index contributed by atoms with van der Waals surface area (Å²) in [6, 6.07) is 76.0. The van der Waals surface area contributed by atoms with Crippen LogP contribution in [0.4, 0.5) is 0 Å². The summed E-state index contributed by atoms with van der Waals surface area (Å²) in [6.07, 6.45) is 6.68. The van der Waals surface area contributed by atoms with Crippen LogP contribution in [0.5, 0.6) is 0 Å². The molecule has 15 rings (SSSR count). The molecule has 10 aromatic rings. The summed E-state index contributed by atoms with van der Waals surface area (Å²) < 4.78 is 2.36. The number of aromatic nitrogens is 4. The van der Waals surface area contributed by atoms with Gasteiger partial charge in [0.15, 0.2) is 17.5 Å². The van der Waals surface area contributed by atoms with Crippen LogP contribution in [0.2, 0.25) is 0 Å². The van der Waals surface area contributed by atoms with Gasteiger partial charge in [0.25, 0.3) is 0 Å². The van der Waals surface area contributed by atoms with Crippen LogP contribution in [0, 0.1) is 23.7 Å². The lowest BCUT2D eigenvalue weighted by molar-refractivity contribution is -0.0440. The van der Waals surface area contributed by atoms with Gasteiger partial charge in [-0.05, 0) is 119 Å². The molecule has 4 nitrogen and oxygen atoms in total. The Balaban J connectivity index is 1.02. The Labute approximate surface area is 385 Å². The average Bonchev–Trinajstić information content (AvgIpc) is 3.72. The van der Waals surface area contributed by atoms with E-state index in [4.69, 9.17) is 15.0 Å². The Hall–Kier alpha value is -7.43. The topological polar surface area (TPSA) is 43.6 Å². The van der Waals surface area contributed by atoms with Crippen molar-refractivity contribution in [3.05, 3.63) is 240 Å². The van der Waals surface area contributed by atoms with Crippen LogP contribution in [-0.2, 0) is 10.8 Å². The lowest BCUT2D eigenvalue weighted by Gasteiger charge is -2.65. The maximum atomic E-state index is 5.48. The first-order valence-electron chi connectivity index (χ1n) is 23.9. The Morgan fingerprint density at radius 1 is 0.364 bits per heavy atom. The van der Waals surface area contributed by atoms with Crippen molar-refractivity contribution in [1.82, 2.24) is 19.5 Å². The molecule has 4 bridgehead atoms. The fourth-order valence-corrected chi connectivity index (χ4v) is 14.1. The van der Waals surface area contributed by atoms with Crippen molar-refractivity contribution in [2.75, 3.05) is 0 Å². The number of nitrogens with zero attached hydrogens (tertiary/aromatic N) is 4. The van der Waals surface area contributed by atoms with E-state index in [1.54, 1.807) is 5.56 Å². The third-order valence-electron chi connectivity index (χ3n) is 16.4. The fourth-order valence-electron chi connectivity index (χ4n) is 14.1. The molecule has 8 aromatic carbocycles. The van der Waals surface area contributed by atoms with Crippen molar-refractivity contribution in [3.63, 3.8) is 0 Å². The maximum absolute atomic E-state index is 5.48. The minimum absolute atomic E-state index is 0.0579. The summed E-state index contributed by atoms with van der Waals surface area (Å²) in [4.78, 5) is 16.1. The normalized spacial score (nSPS) is 22.1. The van der Waals surface area contributed by atoms with Gasteiger partial charge in [-0.2, -0.15) is 0 Å². The van der Waals surface area contributed by atoms with Crippen molar-refractivity contribution < 1.29 is 0 Å². The largest absolute Gasteiger partial charge is 0.309 e. The molecule has 0 amide bonds. The zero-order valence-electron chi connectivity index (χ0n) is 36.8. The third-order valence-corrected chi connectivity index (χ3v) is 16.4. The second kappa shape index (κ2) is 14.5. The molecule has 0 N–H and O–H groups in total. The van der Waals surface area contributed by atoms with E-state index in [2.05, 4.69) is 211 Å². The second-order valence-corrected chi connectivity index (χ2v) is 19.6. The predicted molar refractivity (Wildman–Crippen MR) is 267 cm³/mol. The van der Waals surface area contributed by atoms with E-state index < -0.39 is 5.41 Å². The molecule has 4 saturated carbocycles. The molecule has 5 aliphatic rings. The molecule has 0 saturated heterocycles. The van der Waals surface area contributed by atoms with E-state index in [1.807, 2.05) is 0 Å². The lowest BCUT2D eigenvalue weighted by Crippen LogP contribution is -2.59. The van der Waals surface area contributed by atoms with Crippen molar-refractivity contribution in [3.8, 4) is 39.9 Å². The monoisotopic (exact) mass is 848 g/mol. The molecule has 316 valence electrons. The lowest BCUT2D eigenvalue weighted by atomic mass is 9.38. The van der Waals surface area contributed by atoms with Crippen LogP contribution in [0.25, 0.3) is 61.7 Å². The van der Waals surface area contributed by atoms with Gasteiger partial charge < -0.3 is 4.57 Å². The number of hydrogen-bond acceptors (Lipinski definition) is 3. The average molecular weight is 849 g/mol. The van der Waals surface area contributed by atoms with Crippen LogP contribution in [-0.4, -0.2) is 19.5 Å². The van der Waals surface area contributed by atoms with Gasteiger partial charge in [-0.25, -0.2) is 15.0 Å². The molecule has 0 unspecified atom stereocenters. The van der Waals surface area contributed by atoms with E-state index >= 15 is 0 Å². The summed E-state index contributed by atoms with van der Waals surface area (Å²) >= 11 is 0. The maximum Gasteiger partial charge on any atom is 0.164 e. The minimum atomic E-state index is -0.570. The third kappa shape index (κ3) is 5.36. The predicted octanol–water partition coefficient (Wildman–Crippen LogP) is 14.4. The van der Waals surface area contributed by atoms with Gasteiger partial charge in [0, 0.05) is 38.6 Å². The molecule has 2 heterocycles. The molecule has 66 heavy (non-hydrogen) atoms. The van der Waals surface area contributed by atoms with E-state index in [-0.39, 0.29) is 5.41 Å². The van der Waals surface area contributed by atoms with E-state index in [9.17, 15) is 0 Å². The zero-order chi connectivity index (χ0) is 43.4. The number of rotatable bonds is 6. The molecule has 0 aliphatic heterocycles. The smallest absolute Gasteiger partial charge is 0.164 e. The van der Waals surface area contributed by atoms with Crippen LogP contribution < -0.4 is 0 Å². The summed E-state index contributed by atoms with van der Waals surface area (Å²) in [6.45, 7) is 0. The zero-order valence-corrected chi connectivity index (χ0v) is 36.8. The first-order valence-corrected chi connectivity index (χ1v) is 23.9. The quantitative estimate of drug-likeness (QED) is 0.167. The Morgan fingerprint density at radius 3 is 1.44 bits per heavy atom. The summed E-state index contributed by atoms with van der Waals surface area (Å²) in [7, 11) is 0. The molecule has 4 heteroatoms. The Bertz CT molecular complexity index is 3380. The van der Waals surface area contributed by atoms with Gasteiger partial charge in [-0.15, -0.1) is 0 Å². The van der Waals surface area contributed by atoms with Crippen molar-refractivity contribution >= 4 is 21.8 Å². The summed E-state index contributed by atoms with van der Waals surface area (Å²) in [5.74, 6) is 4.90. The summed E-state index contributed by atoms with van der Waals surface area (Å²) in [5, 5.41) is 2.47. The van der Waals surface area contributed by atoms with Gasteiger partial charge in [0.05, 0.1) is 16.4 Å². The molecule has 2 aromatic heterocycles. The Morgan fingerprint density at radius 2 is 0.833 bits per heavy atom. The number of fused-ring (bicyclic) bond motifs is 5. The first-order chi connectivity index (χ1) is 32.7. The van der Waals surface area contributed by atoms with Crippen LogP contribution in [0.3, 0.4) is 0 Å². The molecule has 0 atom stereocenters. The van der Waals surface area contributed by atoms with Crippen molar-refractivity contribution in [1.29, 1.82) is 0 Å². The second-order valence-electron chi connectivity index (χ2n) is 19.6. The van der Waals surface area contributed by atoms with Crippen molar-refractivity contribution in [2.24, 2.45) is 23.7 Å².